The van der Waals surface area contributed by atoms with Crippen molar-refractivity contribution < 1.29 is 33.5 Å². The number of aromatic nitrogens is 3. The molecule has 1 spiro atoms. The normalized spacial score (nSPS) is 22.0. The molecule has 6 amide bonds. The minimum Gasteiger partial charge on any atom is -0.489 e. The summed E-state index contributed by atoms with van der Waals surface area (Å²) in [7, 11) is 0. The number of carbonyl (C=O) groups excluding carboxylic acids is 6. The molecule has 316 valence electrons. The van der Waals surface area contributed by atoms with Gasteiger partial charge in [-0.15, -0.1) is 0 Å². The number of amides is 6. The molecule has 4 fully saturated rings. The van der Waals surface area contributed by atoms with Crippen LogP contribution in [0.15, 0.2) is 55.0 Å². The van der Waals surface area contributed by atoms with E-state index in [1.165, 1.54) is 19.0 Å². The Kier molecular flexibility index (Phi) is 9.64. The fourth-order valence-corrected chi connectivity index (χ4v) is 10.5. The Labute approximate surface area is 352 Å². The number of nitrogens with one attached hydrogen (secondary N) is 2. The quantitative estimate of drug-likeness (QED) is 0.230. The lowest BCUT2D eigenvalue weighted by molar-refractivity contribution is -0.136. The van der Waals surface area contributed by atoms with Gasteiger partial charge in [0.25, 0.3) is 23.6 Å². The second kappa shape index (κ2) is 15.1. The molecular formula is C45H49N9O7. The van der Waals surface area contributed by atoms with Crippen molar-refractivity contribution in [2.75, 3.05) is 42.9 Å². The first-order chi connectivity index (χ1) is 29.4. The first-order valence-corrected chi connectivity index (χ1v) is 21.5. The number of piperidine rings is 2. The summed E-state index contributed by atoms with van der Waals surface area (Å²) in [6, 6.07) is 9.95. The molecule has 2 aromatic carbocycles. The van der Waals surface area contributed by atoms with E-state index in [2.05, 4.69) is 30.5 Å². The van der Waals surface area contributed by atoms with Gasteiger partial charge in [-0.1, -0.05) is 0 Å². The zero-order valence-corrected chi connectivity index (χ0v) is 34.4. The van der Waals surface area contributed by atoms with Crippen LogP contribution >= 0.6 is 0 Å². The third-order valence-electron chi connectivity index (χ3n) is 13.7. The molecule has 7 heterocycles. The summed E-state index contributed by atoms with van der Waals surface area (Å²) in [6.07, 6.45) is 11.4. The summed E-state index contributed by atoms with van der Waals surface area (Å²) in [5, 5.41) is 9.50. The average molecular weight is 828 g/mol. The van der Waals surface area contributed by atoms with Crippen molar-refractivity contribution in [3.05, 3.63) is 82.8 Å². The van der Waals surface area contributed by atoms with Crippen LogP contribution in [0.2, 0.25) is 0 Å². The predicted molar refractivity (Wildman–Crippen MR) is 222 cm³/mol. The fourth-order valence-electron chi connectivity index (χ4n) is 10.5. The van der Waals surface area contributed by atoms with Gasteiger partial charge in [-0.2, -0.15) is 5.10 Å². The molecule has 0 bridgehead atoms. The van der Waals surface area contributed by atoms with Crippen LogP contribution in [0.3, 0.4) is 0 Å². The zero-order valence-electron chi connectivity index (χ0n) is 34.4. The standard InChI is InChI=1S/C45H49N9O7/c1-26(2)61-37-20-32-28(18-35(37)48-40(56)34-21-47-53-15-3-14-46-39(34)53)23-52(42(32)58)29-10-16-50(17-11-29)22-27-8-12-45(13-9-27)24-51(25-45)30-4-5-31-33(19-30)44(60)54(43(31)59)36-6-7-38(55)49-41(36)57/h3-5,14-15,18-21,26-27,29,36H,6-13,16-17,22-25H2,1-2H3,(H,48,56)(H,49,55,57). The van der Waals surface area contributed by atoms with E-state index in [1.807, 2.05) is 30.9 Å². The van der Waals surface area contributed by atoms with Crippen molar-refractivity contribution in [3.8, 4) is 5.75 Å². The van der Waals surface area contributed by atoms with Crippen LogP contribution in [-0.2, 0) is 16.1 Å². The van der Waals surface area contributed by atoms with Crippen molar-refractivity contribution >= 4 is 52.5 Å². The lowest BCUT2D eigenvalue weighted by Gasteiger charge is -2.55. The first kappa shape index (κ1) is 39.0. The highest BCUT2D eigenvalue weighted by molar-refractivity contribution is 6.23. The Balaban J connectivity index is 0.710. The third kappa shape index (κ3) is 6.99. The summed E-state index contributed by atoms with van der Waals surface area (Å²) in [4.78, 5) is 90.1. The lowest BCUT2D eigenvalue weighted by Crippen LogP contribution is -2.58. The molecule has 5 aliphatic heterocycles. The Morgan fingerprint density at radius 2 is 1.70 bits per heavy atom. The van der Waals surface area contributed by atoms with E-state index in [1.54, 1.807) is 41.2 Å². The minimum atomic E-state index is -0.972. The second-order valence-corrected chi connectivity index (χ2v) is 18.0. The fraction of sp³-hybridized carbons (Fsp3) is 0.467. The molecular weight excluding hydrogens is 779 g/mol. The second-order valence-electron chi connectivity index (χ2n) is 18.0. The van der Waals surface area contributed by atoms with Crippen LogP contribution in [0.25, 0.3) is 5.65 Å². The van der Waals surface area contributed by atoms with E-state index in [-0.39, 0.29) is 42.2 Å². The van der Waals surface area contributed by atoms with Crippen molar-refractivity contribution in [3.63, 3.8) is 0 Å². The summed E-state index contributed by atoms with van der Waals surface area (Å²) in [5.74, 6) is -1.22. The third-order valence-corrected chi connectivity index (χ3v) is 13.7. The van der Waals surface area contributed by atoms with Crippen LogP contribution in [0.4, 0.5) is 11.4 Å². The molecule has 2 aromatic heterocycles. The van der Waals surface area contributed by atoms with Crippen molar-refractivity contribution in [1.82, 2.24) is 34.6 Å². The minimum absolute atomic E-state index is 0.00746. The highest BCUT2D eigenvalue weighted by atomic mass is 16.5. The molecule has 4 aromatic rings. The predicted octanol–water partition coefficient (Wildman–Crippen LogP) is 4.29. The van der Waals surface area contributed by atoms with E-state index in [4.69, 9.17) is 4.74 Å². The van der Waals surface area contributed by atoms with Crippen LogP contribution in [0.1, 0.15) is 112 Å². The molecule has 1 saturated carbocycles. The van der Waals surface area contributed by atoms with Gasteiger partial charge in [0, 0.05) is 80.8 Å². The van der Waals surface area contributed by atoms with Gasteiger partial charge in [0.15, 0.2) is 5.65 Å². The lowest BCUT2D eigenvalue weighted by atomic mass is 9.65. The Bertz CT molecular complexity index is 2490. The van der Waals surface area contributed by atoms with Gasteiger partial charge < -0.3 is 24.8 Å². The molecule has 2 N–H and O–H groups in total. The first-order valence-electron chi connectivity index (χ1n) is 21.5. The Morgan fingerprint density at radius 1 is 0.934 bits per heavy atom. The van der Waals surface area contributed by atoms with Crippen molar-refractivity contribution in [2.45, 2.75) is 89.9 Å². The van der Waals surface area contributed by atoms with E-state index < -0.39 is 29.7 Å². The summed E-state index contributed by atoms with van der Waals surface area (Å²) < 4.78 is 7.67. The van der Waals surface area contributed by atoms with E-state index in [9.17, 15) is 28.8 Å². The van der Waals surface area contributed by atoms with Crippen molar-refractivity contribution in [2.24, 2.45) is 11.3 Å². The largest absolute Gasteiger partial charge is 0.489 e. The number of carbonyl (C=O) groups is 6. The SMILES string of the molecule is CC(C)Oc1cc2c(cc1NC(=O)c1cnn3cccnc13)CN(C1CCN(CC3CCC4(CC3)CN(c3ccc5c(c3)C(=O)N(C3CCC(=O)NC3=O)C5=O)C4)CC1)C2=O. The summed E-state index contributed by atoms with van der Waals surface area (Å²) in [5.41, 5.74) is 4.59. The van der Waals surface area contributed by atoms with Gasteiger partial charge in [0.05, 0.1) is 29.1 Å². The van der Waals surface area contributed by atoms with Gasteiger partial charge >= 0.3 is 0 Å². The molecule has 16 nitrogen and oxygen atoms in total. The highest BCUT2D eigenvalue weighted by Crippen LogP contribution is 2.48. The molecule has 6 aliphatic rings. The smallest absolute Gasteiger partial charge is 0.262 e. The van der Waals surface area contributed by atoms with Crippen LogP contribution < -0.4 is 20.3 Å². The van der Waals surface area contributed by atoms with E-state index >= 15 is 0 Å². The molecule has 3 saturated heterocycles. The molecule has 0 radical (unpaired) electrons. The zero-order chi connectivity index (χ0) is 42.2. The van der Waals surface area contributed by atoms with Crippen LogP contribution in [0.5, 0.6) is 5.75 Å². The molecule has 16 heteroatoms. The monoisotopic (exact) mass is 827 g/mol. The number of fused-ring (bicyclic) bond motifs is 3. The number of likely N-dealkylation sites (tertiary alicyclic amines) is 1. The molecule has 1 unspecified atom stereocenters. The average Bonchev–Trinajstić information content (AvgIpc) is 3.88. The Morgan fingerprint density at radius 3 is 2.46 bits per heavy atom. The summed E-state index contributed by atoms with van der Waals surface area (Å²) >= 11 is 0. The maximum atomic E-state index is 13.9. The van der Waals surface area contributed by atoms with E-state index in [0.717, 1.165) is 74.6 Å². The van der Waals surface area contributed by atoms with Crippen LogP contribution in [-0.4, -0.2) is 116 Å². The number of ether oxygens (including phenoxy) is 1. The Hall–Kier alpha value is -6.16. The number of nitrogens with zero attached hydrogens (tertiary/aromatic N) is 7. The molecule has 1 aliphatic carbocycles. The van der Waals surface area contributed by atoms with Gasteiger partial charge in [-0.3, -0.25) is 39.0 Å². The molecule has 10 rings (SSSR count). The number of rotatable bonds is 9. The number of imide groups is 2. The van der Waals surface area contributed by atoms with Gasteiger partial charge in [-0.25, -0.2) is 9.50 Å². The van der Waals surface area contributed by atoms with Gasteiger partial charge in [0.1, 0.15) is 17.4 Å². The maximum absolute atomic E-state index is 13.9. The number of anilines is 2. The van der Waals surface area contributed by atoms with E-state index in [0.29, 0.717) is 51.8 Å². The summed E-state index contributed by atoms with van der Waals surface area (Å²) in [6.45, 7) is 9.09. The number of benzene rings is 2. The van der Waals surface area contributed by atoms with Gasteiger partial charge in [0.2, 0.25) is 11.8 Å². The number of hydrogen-bond donors (Lipinski definition) is 2. The molecule has 1 atom stereocenters. The van der Waals surface area contributed by atoms with Gasteiger partial charge in [-0.05, 0) is 107 Å². The van der Waals surface area contributed by atoms with Crippen LogP contribution in [0, 0.1) is 11.3 Å². The molecule has 61 heavy (non-hydrogen) atoms. The highest BCUT2D eigenvalue weighted by Gasteiger charge is 2.48. The topological polar surface area (TPSA) is 179 Å². The van der Waals surface area contributed by atoms with Crippen molar-refractivity contribution in [1.29, 1.82) is 0 Å². The number of hydrogen-bond acceptors (Lipinski definition) is 11. The maximum Gasteiger partial charge on any atom is 0.262 e.